The lowest BCUT2D eigenvalue weighted by Crippen LogP contribution is -2.24. The number of tetrazole rings is 1. The first-order valence-corrected chi connectivity index (χ1v) is 7.12. The summed E-state index contributed by atoms with van der Waals surface area (Å²) < 4.78 is 27.6. The molecule has 0 bridgehead atoms. The van der Waals surface area contributed by atoms with Gasteiger partial charge in [-0.15, -0.1) is 5.10 Å². The molecule has 3 aromatic rings. The summed E-state index contributed by atoms with van der Waals surface area (Å²) in [4.78, 5) is 12.1. The SMILES string of the molecule is Cc1cccc(C(=O)NCc2nnnn2-c2ccc(F)c(F)c2)c1. The van der Waals surface area contributed by atoms with Crippen molar-refractivity contribution in [1.29, 1.82) is 0 Å². The van der Waals surface area contributed by atoms with Crippen molar-refractivity contribution in [1.82, 2.24) is 25.5 Å². The molecule has 0 saturated carbocycles. The summed E-state index contributed by atoms with van der Waals surface area (Å²) in [5, 5.41) is 13.7. The number of carbonyl (C=O) groups excluding carboxylic acids is 1. The van der Waals surface area contributed by atoms with Crippen LogP contribution in [0.3, 0.4) is 0 Å². The van der Waals surface area contributed by atoms with Crippen molar-refractivity contribution in [2.24, 2.45) is 0 Å². The Bertz CT molecular complexity index is 894. The lowest BCUT2D eigenvalue weighted by Gasteiger charge is -2.07. The summed E-state index contributed by atoms with van der Waals surface area (Å²) in [5.41, 5.74) is 1.75. The number of halogens is 2. The molecular formula is C16H13F2N5O. The molecule has 122 valence electrons. The van der Waals surface area contributed by atoms with Crippen LogP contribution in [0.4, 0.5) is 8.78 Å². The second-order valence-corrected chi connectivity index (χ2v) is 5.16. The molecule has 0 fully saturated rings. The van der Waals surface area contributed by atoms with Crippen LogP contribution in [-0.2, 0) is 6.54 Å². The molecule has 6 nitrogen and oxygen atoms in total. The van der Waals surface area contributed by atoms with E-state index in [1.54, 1.807) is 18.2 Å². The molecule has 1 heterocycles. The van der Waals surface area contributed by atoms with Gasteiger partial charge in [0.15, 0.2) is 17.5 Å². The minimum absolute atomic E-state index is 0.0404. The third kappa shape index (κ3) is 3.27. The largest absolute Gasteiger partial charge is 0.345 e. The molecule has 8 heteroatoms. The quantitative estimate of drug-likeness (QED) is 0.796. The van der Waals surface area contributed by atoms with Gasteiger partial charge in [-0.3, -0.25) is 4.79 Å². The average molecular weight is 329 g/mol. The van der Waals surface area contributed by atoms with E-state index in [2.05, 4.69) is 20.8 Å². The average Bonchev–Trinajstić information content (AvgIpc) is 3.03. The van der Waals surface area contributed by atoms with E-state index in [1.165, 1.54) is 10.7 Å². The molecule has 1 amide bonds. The van der Waals surface area contributed by atoms with Gasteiger partial charge in [0, 0.05) is 11.6 Å². The normalized spacial score (nSPS) is 10.6. The van der Waals surface area contributed by atoms with Crippen molar-refractivity contribution >= 4 is 5.91 Å². The van der Waals surface area contributed by atoms with E-state index in [-0.39, 0.29) is 18.1 Å². The van der Waals surface area contributed by atoms with Crippen LogP contribution < -0.4 is 5.32 Å². The molecule has 0 saturated heterocycles. The first-order valence-electron chi connectivity index (χ1n) is 7.12. The van der Waals surface area contributed by atoms with Gasteiger partial charge in [-0.25, -0.2) is 8.78 Å². The van der Waals surface area contributed by atoms with Gasteiger partial charge in [0.05, 0.1) is 12.2 Å². The number of benzene rings is 2. The molecule has 0 unspecified atom stereocenters. The lowest BCUT2D eigenvalue weighted by atomic mass is 10.1. The van der Waals surface area contributed by atoms with Gasteiger partial charge < -0.3 is 5.32 Å². The number of nitrogens with zero attached hydrogens (tertiary/aromatic N) is 4. The van der Waals surface area contributed by atoms with Crippen LogP contribution in [0.1, 0.15) is 21.7 Å². The third-order valence-electron chi connectivity index (χ3n) is 3.37. The van der Waals surface area contributed by atoms with E-state index < -0.39 is 11.6 Å². The molecule has 24 heavy (non-hydrogen) atoms. The van der Waals surface area contributed by atoms with Crippen molar-refractivity contribution in [3.8, 4) is 5.69 Å². The van der Waals surface area contributed by atoms with E-state index >= 15 is 0 Å². The second-order valence-electron chi connectivity index (χ2n) is 5.16. The predicted octanol–water partition coefficient (Wildman–Crippen LogP) is 2.18. The van der Waals surface area contributed by atoms with Crippen LogP contribution in [0.25, 0.3) is 5.69 Å². The number of rotatable bonds is 4. The van der Waals surface area contributed by atoms with Crippen molar-refractivity contribution in [3.05, 3.63) is 71.1 Å². The highest BCUT2D eigenvalue weighted by Gasteiger charge is 2.13. The van der Waals surface area contributed by atoms with Crippen LogP contribution in [0.15, 0.2) is 42.5 Å². The van der Waals surface area contributed by atoms with Crippen molar-refractivity contribution < 1.29 is 13.6 Å². The zero-order chi connectivity index (χ0) is 17.1. The monoisotopic (exact) mass is 329 g/mol. The molecule has 0 spiro atoms. The molecule has 3 rings (SSSR count). The smallest absolute Gasteiger partial charge is 0.251 e. The fourth-order valence-electron chi connectivity index (χ4n) is 2.18. The minimum Gasteiger partial charge on any atom is -0.345 e. The van der Waals surface area contributed by atoms with Crippen LogP contribution in [0, 0.1) is 18.6 Å². The summed E-state index contributed by atoms with van der Waals surface area (Å²) in [6, 6.07) is 10.4. The first kappa shape index (κ1) is 15.7. The topological polar surface area (TPSA) is 72.7 Å². The van der Waals surface area contributed by atoms with Crippen molar-refractivity contribution in [2.45, 2.75) is 13.5 Å². The van der Waals surface area contributed by atoms with Gasteiger partial charge in [0.25, 0.3) is 5.91 Å². The summed E-state index contributed by atoms with van der Waals surface area (Å²) in [5.74, 6) is -1.94. The Morgan fingerprint density at radius 3 is 2.75 bits per heavy atom. The van der Waals surface area contributed by atoms with E-state index in [1.807, 2.05) is 13.0 Å². The molecule has 0 atom stereocenters. The lowest BCUT2D eigenvalue weighted by molar-refractivity contribution is 0.0949. The number of hydrogen-bond acceptors (Lipinski definition) is 4. The molecule has 0 aliphatic rings. The second kappa shape index (κ2) is 6.53. The van der Waals surface area contributed by atoms with Crippen molar-refractivity contribution in [3.63, 3.8) is 0 Å². The number of hydrogen-bond donors (Lipinski definition) is 1. The Hall–Kier alpha value is -3.16. The zero-order valence-corrected chi connectivity index (χ0v) is 12.7. The summed E-state index contributed by atoms with van der Waals surface area (Å²) in [6.45, 7) is 1.93. The summed E-state index contributed by atoms with van der Waals surface area (Å²) >= 11 is 0. The van der Waals surface area contributed by atoms with Gasteiger partial charge in [-0.2, -0.15) is 4.68 Å². The van der Waals surface area contributed by atoms with Gasteiger partial charge in [-0.1, -0.05) is 17.7 Å². The number of nitrogens with one attached hydrogen (secondary N) is 1. The first-order chi connectivity index (χ1) is 11.5. The number of carbonyl (C=O) groups is 1. The van der Waals surface area contributed by atoms with E-state index in [0.29, 0.717) is 11.4 Å². The minimum atomic E-state index is -1.00. The molecule has 0 aliphatic heterocycles. The van der Waals surface area contributed by atoms with Crippen LogP contribution in [-0.4, -0.2) is 26.1 Å². The maximum absolute atomic E-state index is 13.3. The maximum atomic E-state index is 13.3. The number of aromatic nitrogens is 4. The Kier molecular flexibility index (Phi) is 4.28. The third-order valence-corrected chi connectivity index (χ3v) is 3.37. The highest BCUT2D eigenvalue weighted by atomic mass is 19.2. The fourth-order valence-corrected chi connectivity index (χ4v) is 2.18. The van der Waals surface area contributed by atoms with Crippen LogP contribution in [0.5, 0.6) is 0 Å². The fraction of sp³-hybridized carbons (Fsp3) is 0.125. The van der Waals surface area contributed by atoms with E-state index in [9.17, 15) is 13.6 Å². The zero-order valence-electron chi connectivity index (χ0n) is 12.7. The van der Waals surface area contributed by atoms with Gasteiger partial charge >= 0.3 is 0 Å². The van der Waals surface area contributed by atoms with Gasteiger partial charge in [0.2, 0.25) is 0 Å². The number of aryl methyl sites for hydroxylation is 1. The molecular weight excluding hydrogens is 316 g/mol. The predicted molar refractivity (Wildman–Crippen MR) is 81.4 cm³/mol. The number of amides is 1. The highest BCUT2D eigenvalue weighted by molar-refractivity contribution is 5.94. The molecule has 1 aromatic heterocycles. The molecule has 1 N–H and O–H groups in total. The van der Waals surface area contributed by atoms with Crippen molar-refractivity contribution in [2.75, 3.05) is 0 Å². The molecule has 2 aromatic carbocycles. The molecule has 0 radical (unpaired) electrons. The summed E-state index contributed by atoms with van der Waals surface area (Å²) in [6.07, 6.45) is 0. The Morgan fingerprint density at radius 2 is 2.00 bits per heavy atom. The van der Waals surface area contributed by atoms with Gasteiger partial charge in [-0.05, 0) is 41.6 Å². The van der Waals surface area contributed by atoms with Crippen LogP contribution >= 0.6 is 0 Å². The maximum Gasteiger partial charge on any atom is 0.251 e. The summed E-state index contributed by atoms with van der Waals surface area (Å²) in [7, 11) is 0. The Balaban J connectivity index is 1.76. The van der Waals surface area contributed by atoms with Gasteiger partial charge in [0.1, 0.15) is 0 Å². The van der Waals surface area contributed by atoms with E-state index in [0.717, 1.165) is 17.7 Å². The van der Waals surface area contributed by atoms with Crippen LogP contribution in [0.2, 0.25) is 0 Å². The Labute approximate surface area is 136 Å². The Morgan fingerprint density at radius 1 is 1.17 bits per heavy atom. The highest BCUT2D eigenvalue weighted by Crippen LogP contribution is 2.13. The van der Waals surface area contributed by atoms with E-state index in [4.69, 9.17) is 0 Å². The standard InChI is InChI=1S/C16H13F2N5O/c1-10-3-2-4-11(7-10)16(24)19-9-15-20-21-22-23(15)12-5-6-13(17)14(18)8-12/h2-8H,9H2,1H3,(H,19,24). The molecule has 0 aliphatic carbocycles.